The van der Waals surface area contributed by atoms with E-state index in [1.807, 2.05) is 0 Å². The van der Waals surface area contributed by atoms with Crippen molar-refractivity contribution in [2.75, 3.05) is 6.61 Å². The molecular formula is C20H17F4N3O3. The molecule has 0 aromatic heterocycles. The molecule has 10 heteroatoms. The fraction of sp³-hybridized carbons (Fsp3) is 0.250. The SMILES string of the molecule is CC1COc2cc(C(=N)NC(=O)C(F)(F)F)cc(F)c2CN1C(=O)c1ccccc1. The van der Waals surface area contributed by atoms with Crippen molar-refractivity contribution in [3.63, 3.8) is 0 Å². The van der Waals surface area contributed by atoms with E-state index in [-0.39, 0.29) is 35.9 Å². The smallest absolute Gasteiger partial charge is 0.471 e. The van der Waals surface area contributed by atoms with Crippen LogP contribution < -0.4 is 10.1 Å². The van der Waals surface area contributed by atoms with E-state index in [1.165, 1.54) is 16.3 Å². The van der Waals surface area contributed by atoms with Gasteiger partial charge in [-0.25, -0.2) is 4.39 Å². The number of amidine groups is 1. The average molecular weight is 423 g/mol. The average Bonchev–Trinajstić information content (AvgIpc) is 2.86. The van der Waals surface area contributed by atoms with Gasteiger partial charge in [-0.2, -0.15) is 13.2 Å². The fourth-order valence-corrected chi connectivity index (χ4v) is 2.94. The molecule has 30 heavy (non-hydrogen) atoms. The fourth-order valence-electron chi connectivity index (χ4n) is 2.94. The number of amides is 2. The summed E-state index contributed by atoms with van der Waals surface area (Å²) in [5.74, 6) is -4.46. The lowest BCUT2D eigenvalue weighted by Gasteiger charge is -2.26. The quantitative estimate of drug-likeness (QED) is 0.442. The molecule has 3 rings (SSSR count). The number of carbonyl (C=O) groups excluding carboxylic acids is 2. The molecule has 0 saturated carbocycles. The van der Waals surface area contributed by atoms with Crippen LogP contribution in [0.25, 0.3) is 0 Å². The van der Waals surface area contributed by atoms with Crippen LogP contribution in [0.2, 0.25) is 0 Å². The van der Waals surface area contributed by atoms with E-state index in [0.29, 0.717) is 5.56 Å². The maximum atomic E-state index is 14.8. The highest BCUT2D eigenvalue weighted by atomic mass is 19.4. The number of nitrogens with zero attached hydrogens (tertiary/aromatic N) is 1. The van der Waals surface area contributed by atoms with Gasteiger partial charge >= 0.3 is 12.1 Å². The highest BCUT2D eigenvalue weighted by Gasteiger charge is 2.39. The molecule has 158 valence electrons. The summed E-state index contributed by atoms with van der Waals surface area (Å²) >= 11 is 0. The predicted molar refractivity (Wildman–Crippen MR) is 98.7 cm³/mol. The number of rotatable bonds is 2. The van der Waals surface area contributed by atoms with Gasteiger partial charge in [-0.1, -0.05) is 18.2 Å². The number of alkyl halides is 3. The normalized spacial score (nSPS) is 16.2. The molecule has 0 fully saturated rings. The van der Waals surface area contributed by atoms with E-state index in [4.69, 9.17) is 10.1 Å². The number of ether oxygens (including phenoxy) is 1. The Morgan fingerprint density at radius 3 is 2.47 bits per heavy atom. The van der Waals surface area contributed by atoms with E-state index >= 15 is 0 Å². The summed E-state index contributed by atoms with van der Waals surface area (Å²) in [7, 11) is 0. The van der Waals surface area contributed by atoms with Crippen LogP contribution in [-0.4, -0.2) is 41.4 Å². The van der Waals surface area contributed by atoms with Crippen LogP contribution in [0.4, 0.5) is 17.6 Å². The predicted octanol–water partition coefficient (Wildman–Crippen LogP) is 3.25. The van der Waals surface area contributed by atoms with Crippen LogP contribution in [0.5, 0.6) is 5.75 Å². The molecule has 1 atom stereocenters. The number of carbonyl (C=O) groups is 2. The van der Waals surface area contributed by atoms with Gasteiger partial charge in [-0.3, -0.25) is 15.0 Å². The van der Waals surface area contributed by atoms with Crippen molar-refractivity contribution in [3.8, 4) is 5.75 Å². The highest BCUT2D eigenvalue weighted by molar-refractivity contribution is 6.07. The van der Waals surface area contributed by atoms with Gasteiger partial charge in [-0.05, 0) is 31.2 Å². The minimum absolute atomic E-state index is 0.00813. The van der Waals surface area contributed by atoms with E-state index < -0.39 is 29.8 Å². The number of halogens is 4. The topological polar surface area (TPSA) is 82.5 Å². The summed E-state index contributed by atoms with van der Waals surface area (Å²) < 4.78 is 57.5. The molecule has 2 amide bonds. The zero-order valence-corrected chi connectivity index (χ0v) is 15.7. The third-order valence-electron chi connectivity index (χ3n) is 4.56. The summed E-state index contributed by atoms with van der Waals surface area (Å²) in [5, 5.41) is 9.03. The van der Waals surface area contributed by atoms with Gasteiger partial charge in [0.25, 0.3) is 5.91 Å². The second-order valence-corrected chi connectivity index (χ2v) is 6.72. The first-order chi connectivity index (χ1) is 14.1. The van der Waals surface area contributed by atoms with E-state index in [2.05, 4.69) is 0 Å². The number of benzene rings is 2. The standard InChI is InChI=1S/C20H17F4N3O3/c1-11-10-30-16-8-13(17(25)26-19(29)20(22,23)24)7-15(21)14(16)9-27(11)18(28)12-5-3-2-4-6-12/h2-8,11H,9-10H2,1H3,(H2,25,26,29). The number of hydrogen-bond acceptors (Lipinski definition) is 4. The molecule has 2 aromatic carbocycles. The van der Waals surface area contributed by atoms with E-state index in [9.17, 15) is 27.2 Å². The van der Waals surface area contributed by atoms with Crippen LogP contribution in [0.1, 0.15) is 28.4 Å². The number of fused-ring (bicyclic) bond motifs is 1. The van der Waals surface area contributed by atoms with E-state index in [0.717, 1.165) is 6.07 Å². The second-order valence-electron chi connectivity index (χ2n) is 6.72. The van der Waals surface area contributed by atoms with Gasteiger partial charge < -0.3 is 15.0 Å². The van der Waals surface area contributed by atoms with Gasteiger partial charge in [0, 0.05) is 16.7 Å². The molecule has 2 aromatic rings. The Labute approximate surface area is 168 Å². The first kappa shape index (κ1) is 21.3. The molecule has 0 saturated heterocycles. The summed E-state index contributed by atoms with van der Waals surface area (Å²) in [6, 6.07) is 9.99. The van der Waals surface area contributed by atoms with Crippen LogP contribution >= 0.6 is 0 Å². The molecule has 1 unspecified atom stereocenters. The monoisotopic (exact) mass is 423 g/mol. The molecule has 0 aliphatic carbocycles. The van der Waals surface area contributed by atoms with Crippen LogP contribution in [-0.2, 0) is 11.3 Å². The minimum Gasteiger partial charge on any atom is -0.491 e. The number of nitrogens with one attached hydrogen (secondary N) is 2. The lowest BCUT2D eigenvalue weighted by molar-refractivity contribution is -0.171. The largest absolute Gasteiger partial charge is 0.491 e. The van der Waals surface area contributed by atoms with Gasteiger partial charge in [0.1, 0.15) is 24.0 Å². The summed E-state index contributed by atoms with van der Waals surface area (Å²) in [6.45, 7) is 1.60. The van der Waals surface area contributed by atoms with Crippen molar-refractivity contribution in [2.45, 2.75) is 25.7 Å². The molecule has 6 nitrogen and oxygen atoms in total. The van der Waals surface area contributed by atoms with Crippen LogP contribution in [0, 0.1) is 11.2 Å². The third kappa shape index (κ3) is 4.42. The Balaban J connectivity index is 1.88. The first-order valence-electron chi connectivity index (χ1n) is 8.86. The lowest BCUT2D eigenvalue weighted by Crippen LogP contribution is -2.40. The first-order valence-corrected chi connectivity index (χ1v) is 8.86. The molecule has 0 bridgehead atoms. The Morgan fingerprint density at radius 2 is 1.83 bits per heavy atom. The third-order valence-corrected chi connectivity index (χ3v) is 4.56. The Morgan fingerprint density at radius 1 is 1.17 bits per heavy atom. The second kappa shape index (κ2) is 8.13. The zero-order chi connectivity index (χ0) is 22.1. The molecule has 0 radical (unpaired) electrons. The Hall–Kier alpha value is -3.43. The van der Waals surface area contributed by atoms with Crippen molar-refractivity contribution >= 4 is 17.6 Å². The van der Waals surface area contributed by atoms with Crippen molar-refractivity contribution in [2.24, 2.45) is 0 Å². The van der Waals surface area contributed by atoms with Crippen molar-refractivity contribution in [3.05, 3.63) is 65.0 Å². The minimum atomic E-state index is -5.18. The van der Waals surface area contributed by atoms with Crippen molar-refractivity contribution in [1.29, 1.82) is 5.41 Å². The molecule has 1 aliphatic heterocycles. The van der Waals surface area contributed by atoms with Crippen LogP contribution in [0.3, 0.4) is 0 Å². The van der Waals surface area contributed by atoms with Crippen LogP contribution in [0.15, 0.2) is 42.5 Å². The maximum Gasteiger partial charge on any atom is 0.471 e. The van der Waals surface area contributed by atoms with Gasteiger partial charge in [-0.15, -0.1) is 0 Å². The van der Waals surface area contributed by atoms with Gasteiger partial charge in [0.15, 0.2) is 0 Å². The summed E-state index contributed by atoms with van der Waals surface area (Å²) in [4.78, 5) is 25.3. The van der Waals surface area contributed by atoms with E-state index in [1.54, 1.807) is 37.3 Å². The molecule has 1 aliphatic rings. The van der Waals surface area contributed by atoms with Gasteiger partial charge in [0.05, 0.1) is 12.6 Å². The van der Waals surface area contributed by atoms with Crippen molar-refractivity contribution in [1.82, 2.24) is 10.2 Å². The Bertz CT molecular complexity index is 993. The molecule has 1 heterocycles. The van der Waals surface area contributed by atoms with Crippen molar-refractivity contribution < 1.29 is 31.9 Å². The Kier molecular flexibility index (Phi) is 5.77. The van der Waals surface area contributed by atoms with Gasteiger partial charge in [0.2, 0.25) is 0 Å². The molecule has 2 N–H and O–H groups in total. The summed E-state index contributed by atoms with van der Waals surface area (Å²) in [5.41, 5.74) is 0.156. The maximum absolute atomic E-state index is 14.8. The zero-order valence-electron chi connectivity index (χ0n) is 15.7. The molecule has 0 spiro atoms. The highest BCUT2D eigenvalue weighted by Crippen LogP contribution is 2.30. The summed E-state index contributed by atoms with van der Waals surface area (Å²) in [6.07, 6.45) is -5.18. The number of hydrogen-bond donors (Lipinski definition) is 2. The molecular weight excluding hydrogens is 406 g/mol. The lowest BCUT2D eigenvalue weighted by atomic mass is 10.1.